The van der Waals surface area contributed by atoms with E-state index in [-0.39, 0.29) is 11.9 Å². The summed E-state index contributed by atoms with van der Waals surface area (Å²) in [4.78, 5) is 14.5. The molecule has 3 rings (SSSR count). The minimum absolute atomic E-state index is 0.0380. The molecule has 1 saturated heterocycles. The van der Waals surface area contributed by atoms with E-state index in [2.05, 4.69) is 21.2 Å². The van der Waals surface area contributed by atoms with E-state index in [0.717, 1.165) is 41.5 Å². The van der Waals surface area contributed by atoms with Crippen LogP contribution in [0.4, 0.5) is 0 Å². The summed E-state index contributed by atoms with van der Waals surface area (Å²) in [6.45, 7) is 0. The summed E-state index contributed by atoms with van der Waals surface area (Å²) in [6.07, 6.45) is 7.44. The lowest BCUT2D eigenvalue weighted by Gasteiger charge is -2.29. The van der Waals surface area contributed by atoms with Crippen LogP contribution in [0.5, 0.6) is 5.75 Å². The Labute approximate surface area is 150 Å². The van der Waals surface area contributed by atoms with Gasteiger partial charge in [-0.25, -0.2) is 0 Å². The zero-order chi connectivity index (χ0) is 16.4. The molecule has 0 unspecified atom stereocenters. The first-order chi connectivity index (χ1) is 11.1. The number of carbonyl (C=O) groups excluding carboxylic acids is 1. The van der Waals surface area contributed by atoms with E-state index in [1.807, 2.05) is 18.2 Å². The van der Waals surface area contributed by atoms with Gasteiger partial charge in [0.2, 0.25) is 0 Å². The molecular formula is C17H19BrN2O2S. The minimum atomic E-state index is -0.0380. The highest BCUT2D eigenvalue weighted by Crippen LogP contribution is 2.29. The third-order valence-corrected chi connectivity index (χ3v) is 5.13. The number of hydrogen-bond acceptors (Lipinski definition) is 3. The fourth-order valence-corrected chi connectivity index (χ4v) is 3.91. The van der Waals surface area contributed by atoms with Crippen LogP contribution in [0.1, 0.15) is 37.7 Å². The second-order valence-electron chi connectivity index (χ2n) is 5.84. The minimum Gasteiger partial charge on any atom is -0.496 e. The largest absolute Gasteiger partial charge is 0.496 e. The van der Waals surface area contributed by atoms with Gasteiger partial charge in [-0.2, -0.15) is 0 Å². The topological polar surface area (TPSA) is 41.6 Å². The standard InChI is InChI=1S/C17H19BrN2O2S/c1-22-15-8-7-12(18)9-11(15)10-14-16(21)20(17(23)19-14)13-5-3-2-4-6-13/h7-10,13H,2-6H2,1H3,(H,19,23)/b14-10-. The van der Waals surface area contributed by atoms with Gasteiger partial charge in [0.1, 0.15) is 11.4 Å². The molecule has 1 saturated carbocycles. The maximum Gasteiger partial charge on any atom is 0.276 e. The normalized spacial score (nSPS) is 21.0. The SMILES string of the molecule is COc1ccc(Br)cc1/C=C1\NC(=S)N(C2CCCCC2)C1=O. The lowest BCUT2D eigenvalue weighted by atomic mass is 9.94. The molecule has 1 aromatic rings. The lowest BCUT2D eigenvalue weighted by Crippen LogP contribution is -2.41. The van der Waals surface area contributed by atoms with Gasteiger partial charge in [0.05, 0.1) is 7.11 Å². The predicted molar refractivity (Wildman–Crippen MR) is 98.1 cm³/mol. The number of carbonyl (C=O) groups is 1. The molecule has 23 heavy (non-hydrogen) atoms. The number of methoxy groups -OCH3 is 1. The van der Waals surface area contributed by atoms with Gasteiger partial charge >= 0.3 is 0 Å². The summed E-state index contributed by atoms with van der Waals surface area (Å²) >= 11 is 8.84. The molecular weight excluding hydrogens is 376 g/mol. The first-order valence-corrected chi connectivity index (χ1v) is 9.00. The monoisotopic (exact) mass is 394 g/mol. The van der Waals surface area contributed by atoms with E-state index in [9.17, 15) is 4.79 Å². The van der Waals surface area contributed by atoms with Crippen LogP contribution >= 0.6 is 28.1 Å². The zero-order valence-electron chi connectivity index (χ0n) is 13.0. The van der Waals surface area contributed by atoms with Crippen molar-refractivity contribution in [3.8, 4) is 5.75 Å². The van der Waals surface area contributed by atoms with Gasteiger partial charge in [0, 0.05) is 16.1 Å². The van der Waals surface area contributed by atoms with Crippen molar-refractivity contribution >= 4 is 45.2 Å². The quantitative estimate of drug-likeness (QED) is 0.624. The number of nitrogens with zero attached hydrogens (tertiary/aromatic N) is 1. The van der Waals surface area contributed by atoms with Crippen LogP contribution in [0.25, 0.3) is 6.08 Å². The molecule has 1 aliphatic heterocycles. The molecule has 1 heterocycles. The number of benzene rings is 1. The Morgan fingerprint density at radius 3 is 2.78 bits per heavy atom. The Hall–Kier alpha value is -1.40. The van der Waals surface area contributed by atoms with Gasteiger partial charge < -0.3 is 10.1 Å². The van der Waals surface area contributed by atoms with Gasteiger partial charge in [0.15, 0.2) is 5.11 Å². The molecule has 0 spiro atoms. The molecule has 2 fully saturated rings. The van der Waals surface area contributed by atoms with Crippen molar-refractivity contribution in [2.75, 3.05) is 7.11 Å². The Morgan fingerprint density at radius 2 is 2.09 bits per heavy atom. The molecule has 1 aliphatic carbocycles. The van der Waals surface area contributed by atoms with Crippen LogP contribution in [0.3, 0.4) is 0 Å². The number of amides is 1. The summed E-state index contributed by atoms with van der Waals surface area (Å²) in [5, 5.41) is 3.58. The average molecular weight is 395 g/mol. The second-order valence-corrected chi connectivity index (χ2v) is 7.14. The van der Waals surface area contributed by atoms with Crippen molar-refractivity contribution in [3.63, 3.8) is 0 Å². The Bertz CT molecular complexity index is 669. The van der Waals surface area contributed by atoms with Crippen molar-refractivity contribution in [2.45, 2.75) is 38.1 Å². The van der Waals surface area contributed by atoms with E-state index < -0.39 is 0 Å². The molecule has 6 heteroatoms. The van der Waals surface area contributed by atoms with Gasteiger partial charge in [-0.15, -0.1) is 0 Å². The molecule has 1 N–H and O–H groups in total. The summed E-state index contributed by atoms with van der Waals surface area (Å²) in [5.74, 6) is 0.682. The van der Waals surface area contributed by atoms with Crippen LogP contribution in [-0.2, 0) is 4.79 Å². The summed E-state index contributed by atoms with van der Waals surface area (Å²) in [5.41, 5.74) is 1.35. The second kappa shape index (κ2) is 7.01. The van der Waals surface area contributed by atoms with Crippen molar-refractivity contribution < 1.29 is 9.53 Å². The van der Waals surface area contributed by atoms with Crippen molar-refractivity contribution in [3.05, 3.63) is 33.9 Å². The predicted octanol–water partition coefficient (Wildman–Crippen LogP) is 3.85. The third-order valence-electron chi connectivity index (χ3n) is 4.34. The fourth-order valence-electron chi connectivity index (χ4n) is 3.19. The number of thiocarbonyl (C=S) groups is 1. The highest BCUT2D eigenvalue weighted by atomic mass is 79.9. The number of rotatable bonds is 3. The number of ether oxygens (including phenoxy) is 1. The number of nitrogens with one attached hydrogen (secondary N) is 1. The average Bonchev–Trinajstić information content (AvgIpc) is 2.82. The zero-order valence-corrected chi connectivity index (χ0v) is 15.4. The Morgan fingerprint density at radius 1 is 1.35 bits per heavy atom. The molecule has 0 radical (unpaired) electrons. The summed E-state index contributed by atoms with van der Waals surface area (Å²) in [6, 6.07) is 5.93. The van der Waals surface area contributed by atoms with Crippen molar-refractivity contribution in [1.29, 1.82) is 0 Å². The van der Waals surface area contributed by atoms with Crippen LogP contribution in [-0.4, -0.2) is 29.1 Å². The van der Waals surface area contributed by atoms with E-state index in [0.29, 0.717) is 10.8 Å². The third kappa shape index (κ3) is 3.43. The van der Waals surface area contributed by atoms with Gasteiger partial charge in [-0.3, -0.25) is 9.69 Å². The maximum atomic E-state index is 12.8. The highest BCUT2D eigenvalue weighted by Gasteiger charge is 2.36. The van der Waals surface area contributed by atoms with Crippen LogP contribution in [0, 0.1) is 0 Å². The number of hydrogen-bond donors (Lipinski definition) is 1. The highest BCUT2D eigenvalue weighted by molar-refractivity contribution is 9.10. The van der Waals surface area contributed by atoms with Crippen LogP contribution in [0.2, 0.25) is 0 Å². The summed E-state index contributed by atoms with van der Waals surface area (Å²) in [7, 11) is 1.62. The molecule has 1 amide bonds. The van der Waals surface area contributed by atoms with Crippen LogP contribution < -0.4 is 10.1 Å². The van der Waals surface area contributed by atoms with E-state index in [1.54, 1.807) is 18.1 Å². The molecule has 0 atom stereocenters. The molecule has 0 aromatic heterocycles. The molecule has 1 aromatic carbocycles. The van der Waals surface area contributed by atoms with E-state index in [4.69, 9.17) is 17.0 Å². The van der Waals surface area contributed by atoms with Crippen LogP contribution in [0.15, 0.2) is 28.4 Å². The first-order valence-electron chi connectivity index (χ1n) is 7.80. The van der Waals surface area contributed by atoms with Crippen molar-refractivity contribution in [1.82, 2.24) is 10.2 Å². The summed E-state index contributed by atoms with van der Waals surface area (Å²) < 4.78 is 6.30. The number of halogens is 1. The molecule has 122 valence electrons. The van der Waals surface area contributed by atoms with Gasteiger partial charge in [-0.05, 0) is 49.3 Å². The Kier molecular flexibility index (Phi) is 5.02. The van der Waals surface area contributed by atoms with Gasteiger partial charge in [0.25, 0.3) is 5.91 Å². The molecule has 4 nitrogen and oxygen atoms in total. The van der Waals surface area contributed by atoms with Gasteiger partial charge in [-0.1, -0.05) is 35.2 Å². The first kappa shape index (κ1) is 16.5. The van der Waals surface area contributed by atoms with E-state index in [1.165, 1.54) is 6.42 Å². The maximum absolute atomic E-state index is 12.8. The Balaban J connectivity index is 1.88. The smallest absolute Gasteiger partial charge is 0.276 e. The molecule has 0 bridgehead atoms. The molecule has 2 aliphatic rings. The van der Waals surface area contributed by atoms with E-state index >= 15 is 0 Å². The fraction of sp³-hybridized carbons (Fsp3) is 0.412. The van der Waals surface area contributed by atoms with Crippen molar-refractivity contribution in [2.24, 2.45) is 0 Å². The lowest BCUT2D eigenvalue weighted by molar-refractivity contribution is -0.124.